The largest absolute Gasteiger partial charge is 0.480 e. The van der Waals surface area contributed by atoms with Crippen LogP contribution in [0.15, 0.2) is 42.5 Å². The molecule has 7 nitrogen and oxygen atoms in total. The molecule has 1 aromatic carbocycles. The minimum Gasteiger partial charge on any atom is -0.480 e. The zero-order chi connectivity index (χ0) is 24.5. The molecular weight excluding hydrogens is 440 g/mol. The maximum atomic E-state index is 12.7. The number of amides is 1. The number of aromatic nitrogens is 1. The number of nitrogens with one attached hydrogen (secondary N) is 2. The molecule has 0 spiro atoms. The van der Waals surface area contributed by atoms with E-state index in [2.05, 4.69) is 27.7 Å². The van der Waals surface area contributed by atoms with Gasteiger partial charge in [0.25, 0.3) is 0 Å². The number of aliphatic carboxylic acids is 1. The predicted molar refractivity (Wildman–Crippen MR) is 137 cm³/mol. The van der Waals surface area contributed by atoms with Gasteiger partial charge >= 0.3 is 5.97 Å². The number of carbonyl (C=O) groups excluding carboxylic acids is 1. The molecule has 2 atom stereocenters. The summed E-state index contributed by atoms with van der Waals surface area (Å²) in [6.07, 6.45) is 9.55. The van der Waals surface area contributed by atoms with Crippen molar-refractivity contribution in [2.45, 2.75) is 82.8 Å². The molecule has 3 heterocycles. The first kappa shape index (κ1) is 25.2. The minimum atomic E-state index is -0.945. The number of anilines is 1. The molecular formula is C28H38N4O3. The number of hydrogen-bond acceptors (Lipinski definition) is 5. The highest BCUT2D eigenvalue weighted by Crippen LogP contribution is 2.22. The summed E-state index contributed by atoms with van der Waals surface area (Å²) < 4.78 is 0. The lowest BCUT2D eigenvalue weighted by Crippen LogP contribution is -2.57. The number of carboxylic acid groups (broad SMARTS) is 1. The Morgan fingerprint density at radius 3 is 2.66 bits per heavy atom. The fourth-order valence-corrected chi connectivity index (χ4v) is 4.96. The summed E-state index contributed by atoms with van der Waals surface area (Å²) in [5, 5.41) is 15.8. The van der Waals surface area contributed by atoms with E-state index in [4.69, 9.17) is 4.98 Å². The average molecular weight is 479 g/mol. The highest BCUT2D eigenvalue weighted by Gasteiger charge is 2.35. The van der Waals surface area contributed by atoms with Gasteiger partial charge in [-0.1, -0.05) is 62.1 Å². The zero-order valence-electron chi connectivity index (χ0n) is 20.5. The molecule has 2 aliphatic heterocycles. The fourth-order valence-electron chi connectivity index (χ4n) is 4.96. The van der Waals surface area contributed by atoms with Crippen molar-refractivity contribution in [2.24, 2.45) is 0 Å². The fraction of sp³-hybridized carbons (Fsp3) is 0.536. The van der Waals surface area contributed by atoms with Crippen LogP contribution in [0.4, 0.5) is 5.82 Å². The van der Waals surface area contributed by atoms with Crippen LogP contribution in [0, 0.1) is 0 Å². The van der Waals surface area contributed by atoms with Crippen LogP contribution in [0.5, 0.6) is 0 Å². The maximum Gasteiger partial charge on any atom is 0.326 e. The number of aryl methyl sites for hydroxylation is 2. The normalized spacial score (nSPS) is 18.1. The minimum absolute atomic E-state index is 0.161. The molecule has 0 bridgehead atoms. The van der Waals surface area contributed by atoms with E-state index in [1.54, 1.807) is 0 Å². The van der Waals surface area contributed by atoms with Crippen molar-refractivity contribution in [1.29, 1.82) is 0 Å². The third kappa shape index (κ3) is 7.28. The molecule has 2 aromatic rings. The van der Waals surface area contributed by atoms with Crippen LogP contribution >= 0.6 is 0 Å². The first-order valence-corrected chi connectivity index (χ1v) is 13.1. The molecule has 7 heteroatoms. The van der Waals surface area contributed by atoms with Gasteiger partial charge in [-0.25, -0.2) is 9.78 Å². The molecule has 1 saturated heterocycles. The van der Waals surface area contributed by atoms with Gasteiger partial charge in [-0.2, -0.15) is 0 Å². The van der Waals surface area contributed by atoms with E-state index in [-0.39, 0.29) is 11.9 Å². The van der Waals surface area contributed by atoms with E-state index in [0.29, 0.717) is 13.0 Å². The molecule has 1 fully saturated rings. The summed E-state index contributed by atoms with van der Waals surface area (Å²) in [7, 11) is 0. The second-order valence-electron chi connectivity index (χ2n) is 9.81. The third-order valence-electron chi connectivity index (χ3n) is 7.15. The number of fused-ring (bicyclic) bond motifs is 1. The van der Waals surface area contributed by atoms with Crippen LogP contribution in [-0.2, 0) is 29.0 Å². The van der Waals surface area contributed by atoms with Crippen LogP contribution in [0.1, 0.15) is 68.2 Å². The lowest BCUT2D eigenvalue weighted by Gasteiger charge is -2.40. The molecule has 1 aromatic heterocycles. The average Bonchev–Trinajstić information content (AvgIpc) is 2.85. The number of rotatable bonds is 13. The smallest absolute Gasteiger partial charge is 0.326 e. The number of likely N-dealkylation sites (tertiary alicyclic amines) is 1. The van der Waals surface area contributed by atoms with E-state index < -0.39 is 12.0 Å². The summed E-state index contributed by atoms with van der Waals surface area (Å²) in [6, 6.07) is 13.4. The number of benzene rings is 1. The number of hydrogen-bond donors (Lipinski definition) is 3. The molecule has 2 unspecified atom stereocenters. The highest BCUT2D eigenvalue weighted by atomic mass is 16.4. The quantitative estimate of drug-likeness (QED) is 0.374. The van der Waals surface area contributed by atoms with Crippen molar-refractivity contribution in [3.63, 3.8) is 0 Å². The van der Waals surface area contributed by atoms with Gasteiger partial charge in [0.1, 0.15) is 11.9 Å². The Balaban J connectivity index is 1.11. The summed E-state index contributed by atoms with van der Waals surface area (Å²) in [5.41, 5.74) is 3.63. The van der Waals surface area contributed by atoms with Gasteiger partial charge < -0.3 is 15.7 Å². The van der Waals surface area contributed by atoms with Crippen molar-refractivity contribution in [3.05, 3.63) is 59.3 Å². The molecule has 3 N–H and O–H groups in total. The lowest BCUT2D eigenvalue weighted by molar-refractivity contribution is -0.144. The summed E-state index contributed by atoms with van der Waals surface area (Å²) in [5.74, 6) is -0.0495. The van der Waals surface area contributed by atoms with Gasteiger partial charge in [0, 0.05) is 25.3 Å². The first-order chi connectivity index (χ1) is 17.1. The van der Waals surface area contributed by atoms with Gasteiger partial charge in [-0.3, -0.25) is 9.69 Å². The zero-order valence-corrected chi connectivity index (χ0v) is 20.5. The molecule has 0 saturated carbocycles. The molecule has 2 aliphatic rings. The van der Waals surface area contributed by atoms with Gasteiger partial charge in [0.05, 0.1) is 6.04 Å². The first-order valence-electron chi connectivity index (χ1n) is 13.1. The van der Waals surface area contributed by atoms with Crippen molar-refractivity contribution >= 4 is 17.7 Å². The van der Waals surface area contributed by atoms with Gasteiger partial charge in [0.15, 0.2) is 0 Å². The van der Waals surface area contributed by atoms with Crippen LogP contribution in [-0.4, -0.2) is 52.0 Å². The Labute approximate surface area is 208 Å². The Bertz CT molecular complexity index is 981. The van der Waals surface area contributed by atoms with Crippen LogP contribution in [0.2, 0.25) is 0 Å². The Morgan fingerprint density at radius 2 is 1.89 bits per heavy atom. The number of pyridine rings is 1. The van der Waals surface area contributed by atoms with E-state index >= 15 is 0 Å². The van der Waals surface area contributed by atoms with E-state index in [1.807, 2.05) is 30.3 Å². The summed E-state index contributed by atoms with van der Waals surface area (Å²) in [6.45, 7) is 2.59. The molecule has 188 valence electrons. The highest BCUT2D eigenvalue weighted by molar-refractivity contribution is 5.87. The monoisotopic (exact) mass is 478 g/mol. The number of carbonyl (C=O) groups is 2. The molecule has 0 radical (unpaired) electrons. The van der Waals surface area contributed by atoms with Gasteiger partial charge in [-0.05, 0) is 55.7 Å². The van der Waals surface area contributed by atoms with Crippen molar-refractivity contribution < 1.29 is 14.7 Å². The third-order valence-corrected chi connectivity index (χ3v) is 7.15. The van der Waals surface area contributed by atoms with Gasteiger partial charge in [-0.15, -0.1) is 0 Å². The Morgan fingerprint density at radius 1 is 1.09 bits per heavy atom. The second-order valence-corrected chi connectivity index (χ2v) is 9.81. The topological polar surface area (TPSA) is 94.6 Å². The van der Waals surface area contributed by atoms with E-state index in [1.165, 1.54) is 17.5 Å². The lowest BCUT2D eigenvalue weighted by atomic mass is 9.99. The molecule has 1 amide bonds. The van der Waals surface area contributed by atoms with Crippen LogP contribution in [0.3, 0.4) is 0 Å². The maximum absolute atomic E-state index is 12.7. The molecule has 35 heavy (non-hydrogen) atoms. The Kier molecular flexibility index (Phi) is 9.12. The second kappa shape index (κ2) is 12.7. The van der Waals surface area contributed by atoms with Crippen LogP contribution in [0.25, 0.3) is 0 Å². The van der Waals surface area contributed by atoms with Crippen LogP contribution < -0.4 is 10.6 Å². The van der Waals surface area contributed by atoms with E-state index in [9.17, 15) is 14.7 Å². The molecule has 0 aliphatic carbocycles. The Hall–Kier alpha value is -2.93. The predicted octanol–water partition coefficient (Wildman–Crippen LogP) is 4.17. The molecule has 4 rings (SSSR count). The van der Waals surface area contributed by atoms with E-state index in [0.717, 1.165) is 76.0 Å². The summed E-state index contributed by atoms with van der Waals surface area (Å²) in [4.78, 5) is 31.3. The number of nitrogens with zero attached hydrogens (tertiary/aromatic N) is 2. The van der Waals surface area contributed by atoms with Gasteiger partial charge in [0.2, 0.25) is 5.91 Å². The summed E-state index contributed by atoms with van der Waals surface area (Å²) >= 11 is 0. The number of unbranched alkanes of at least 4 members (excludes halogenated alkanes) is 4. The number of carboxylic acids is 1. The standard InChI is InChI=1S/C28H38N4O3/c33-27(25-17-19-32(25)20-21-10-5-4-6-11-21)31-24(28(34)35)14-8-3-1-2-7-13-23-16-15-22-12-9-18-29-26(22)30-23/h4-6,10-11,15-16,24-25H,1-3,7-9,12-14,17-20H2,(H,29,30)(H,31,33)(H,34,35). The van der Waals surface area contributed by atoms with Crippen molar-refractivity contribution in [2.75, 3.05) is 18.4 Å². The van der Waals surface area contributed by atoms with Crippen molar-refractivity contribution in [1.82, 2.24) is 15.2 Å². The SMILES string of the molecule is O=C(O)C(CCCCCCCc1ccc2c(n1)NCCC2)NC(=O)C1CCN1Cc1ccccc1. The van der Waals surface area contributed by atoms with Crippen molar-refractivity contribution in [3.8, 4) is 0 Å².